The zero-order chi connectivity index (χ0) is 19.6. The van der Waals surface area contributed by atoms with Gasteiger partial charge in [-0.25, -0.2) is 9.07 Å². The molecule has 144 valence electrons. The Morgan fingerprint density at radius 3 is 2.52 bits per heavy atom. The van der Waals surface area contributed by atoms with Crippen LogP contribution in [0.2, 0.25) is 0 Å². The summed E-state index contributed by atoms with van der Waals surface area (Å²) >= 11 is 0. The minimum Gasteiger partial charge on any atom is -0.494 e. The normalized spacial score (nSPS) is 15.2. The smallest absolute Gasteiger partial charge is 0.267 e. The van der Waals surface area contributed by atoms with E-state index in [9.17, 15) is 14.0 Å². The van der Waals surface area contributed by atoms with Crippen LogP contribution in [0.4, 0.5) is 4.39 Å². The molecule has 7 heteroatoms. The molecule has 1 amide bonds. The molecule has 3 rings (SSSR count). The van der Waals surface area contributed by atoms with Crippen molar-refractivity contribution < 1.29 is 13.9 Å². The van der Waals surface area contributed by atoms with Crippen LogP contribution in [-0.4, -0.2) is 40.8 Å². The molecule has 0 aliphatic carbocycles. The lowest BCUT2D eigenvalue weighted by molar-refractivity contribution is -0.135. The molecule has 1 aliphatic heterocycles. The first-order chi connectivity index (χ1) is 12.9. The highest BCUT2D eigenvalue weighted by Crippen LogP contribution is 2.25. The number of carbonyl (C=O) groups excluding carboxylic acids is 1. The van der Waals surface area contributed by atoms with E-state index in [-0.39, 0.29) is 29.2 Å². The summed E-state index contributed by atoms with van der Waals surface area (Å²) in [5, 5.41) is 4.46. The first-order valence-corrected chi connectivity index (χ1v) is 9.13. The van der Waals surface area contributed by atoms with Gasteiger partial charge in [-0.1, -0.05) is 13.8 Å². The van der Waals surface area contributed by atoms with Gasteiger partial charge in [0.25, 0.3) is 5.56 Å². The molecule has 1 aromatic carbocycles. The van der Waals surface area contributed by atoms with Gasteiger partial charge in [0.1, 0.15) is 0 Å². The van der Waals surface area contributed by atoms with E-state index in [1.54, 1.807) is 12.1 Å². The second-order valence-electron chi connectivity index (χ2n) is 7.06. The monoisotopic (exact) mass is 373 g/mol. The van der Waals surface area contributed by atoms with Crippen molar-refractivity contribution in [1.82, 2.24) is 14.7 Å². The molecule has 6 nitrogen and oxygen atoms in total. The topological polar surface area (TPSA) is 64.4 Å². The molecule has 0 atom stereocenters. The number of hydrogen-bond donors (Lipinski definition) is 0. The molecule has 0 N–H and O–H groups in total. The van der Waals surface area contributed by atoms with Gasteiger partial charge in [0.15, 0.2) is 11.6 Å². The number of benzene rings is 1. The van der Waals surface area contributed by atoms with E-state index in [4.69, 9.17) is 4.74 Å². The average Bonchev–Trinajstić information content (AvgIpc) is 2.68. The highest BCUT2D eigenvalue weighted by atomic mass is 19.1. The van der Waals surface area contributed by atoms with Crippen molar-refractivity contribution in [2.24, 2.45) is 5.92 Å². The predicted molar refractivity (Wildman–Crippen MR) is 100 cm³/mol. The van der Waals surface area contributed by atoms with Gasteiger partial charge in [-0.3, -0.25) is 9.59 Å². The van der Waals surface area contributed by atoms with E-state index in [2.05, 4.69) is 5.10 Å². The zero-order valence-electron chi connectivity index (χ0n) is 15.8. The van der Waals surface area contributed by atoms with Gasteiger partial charge in [0.05, 0.1) is 18.8 Å². The Bertz CT molecular complexity index is 886. The van der Waals surface area contributed by atoms with Gasteiger partial charge < -0.3 is 9.64 Å². The number of methoxy groups -OCH3 is 1. The molecular weight excluding hydrogens is 349 g/mol. The number of rotatable bonds is 4. The average molecular weight is 373 g/mol. The van der Waals surface area contributed by atoms with Gasteiger partial charge >= 0.3 is 0 Å². The van der Waals surface area contributed by atoms with Crippen LogP contribution in [0.1, 0.15) is 32.7 Å². The SMILES string of the molecule is COc1ccc(-c2ccc(=O)n(C3CCN(C(=O)C(C)C)CC3)n2)cc1F. The number of nitrogens with zero attached hydrogens (tertiary/aromatic N) is 3. The number of piperidine rings is 1. The van der Waals surface area contributed by atoms with Crippen LogP contribution in [0, 0.1) is 11.7 Å². The molecule has 2 aromatic rings. The van der Waals surface area contributed by atoms with E-state index in [0.717, 1.165) is 0 Å². The summed E-state index contributed by atoms with van der Waals surface area (Å²) in [6.45, 7) is 4.99. The maximum Gasteiger partial charge on any atom is 0.267 e. The van der Waals surface area contributed by atoms with E-state index in [1.807, 2.05) is 18.7 Å². The third kappa shape index (κ3) is 4.02. The summed E-state index contributed by atoms with van der Waals surface area (Å²) in [4.78, 5) is 26.3. The number of hydrogen-bond acceptors (Lipinski definition) is 4. The first-order valence-electron chi connectivity index (χ1n) is 9.13. The molecule has 2 heterocycles. The van der Waals surface area contributed by atoms with E-state index < -0.39 is 5.82 Å². The van der Waals surface area contributed by atoms with E-state index in [0.29, 0.717) is 37.2 Å². The summed E-state index contributed by atoms with van der Waals surface area (Å²) in [5.74, 6) is -0.212. The summed E-state index contributed by atoms with van der Waals surface area (Å²) < 4.78 is 20.4. The number of likely N-dealkylation sites (tertiary alicyclic amines) is 1. The lowest BCUT2D eigenvalue weighted by atomic mass is 10.0. The Morgan fingerprint density at radius 2 is 1.93 bits per heavy atom. The lowest BCUT2D eigenvalue weighted by Gasteiger charge is -2.33. The first kappa shape index (κ1) is 19.1. The van der Waals surface area contributed by atoms with Crippen molar-refractivity contribution >= 4 is 5.91 Å². The van der Waals surface area contributed by atoms with Crippen molar-refractivity contribution in [2.75, 3.05) is 20.2 Å². The quantitative estimate of drug-likeness (QED) is 0.827. The van der Waals surface area contributed by atoms with E-state index >= 15 is 0 Å². The van der Waals surface area contributed by atoms with Crippen molar-refractivity contribution in [3.63, 3.8) is 0 Å². The molecular formula is C20H24FN3O3. The fourth-order valence-corrected chi connectivity index (χ4v) is 3.36. The van der Waals surface area contributed by atoms with Crippen LogP contribution in [-0.2, 0) is 4.79 Å². The largest absolute Gasteiger partial charge is 0.494 e. The van der Waals surface area contributed by atoms with Crippen LogP contribution in [0.3, 0.4) is 0 Å². The Balaban J connectivity index is 1.82. The highest BCUT2D eigenvalue weighted by Gasteiger charge is 2.26. The second kappa shape index (κ2) is 7.90. The number of amides is 1. The number of carbonyl (C=O) groups is 1. The Hall–Kier alpha value is -2.70. The van der Waals surface area contributed by atoms with Gasteiger partial charge in [-0.15, -0.1) is 0 Å². The van der Waals surface area contributed by atoms with Crippen LogP contribution in [0.25, 0.3) is 11.3 Å². The molecule has 0 bridgehead atoms. The summed E-state index contributed by atoms with van der Waals surface area (Å²) in [6, 6.07) is 7.57. The molecule has 0 saturated carbocycles. The maximum absolute atomic E-state index is 14.0. The third-order valence-corrected chi connectivity index (χ3v) is 4.89. The van der Waals surface area contributed by atoms with Crippen LogP contribution < -0.4 is 10.3 Å². The second-order valence-corrected chi connectivity index (χ2v) is 7.06. The highest BCUT2D eigenvalue weighted by molar-refractivity contribution is 5.78. The summed E-state index contributed by atoms with van der Waals surface area (Å²) in [7, 11) is 1.41. The zero-order valence-corrected chi connectivity index (χ0v) is 15.8. The molecule has 1 saturated heterocycles. The predicted octanol–water partition coefficient (Wildman–Crippen LogP) is 2.88. The van der Waals surface area contributed by atoms with Crippen molar-refractivity contribution in [1.29, 1.82) is 0 Å². The molecule has 0 radical (unpaired) electrons. The molecule has 0 spiro atoms. The van der Waals surface area contributed by atoms with Crippen molar-refractivity contribution in [2.45, 2.75) is 32.7 Å². The molecule has 1 aromatic heterocycles. The van der Waals surface area contributed by atoms with Gasteiger partial charge in [-0.05, 0) is 37.1 Å². The minimum absolute atomic E-state index is 0.0318. The lowest BCUT2D eigenvalue weighted by Crippen LogP contribution is -2.42. The fourth-order valence-electron chi connectivity index (χ4n) is 3.36. The van der Waals surface area contributed by atoms with Gasteiger partial charge in [-0.2, -0.15) is 5.10 Å². The molecule has 27 heavy (non-hydrogen) atoms. The summed E-state index contributed by atoms with van der Waals surface area (Å²) in [5.41, 5.74) is 0.910. The van der Waals surface area contributed by atoms with Gasteiger partial charge in [0, 0.05) is 30.6 Å². The number of aromatic nitrogens is 2. The summed E-state index contributed by atoms with van der Waals surface area (Å²) in [6.07, 6.45) is 1.34. The maximum atomic E-state index is 14.0. The molecule has 1 fully saturated rings. The number of halogens is 1. The fraction of sp³-hybridized carbons (Fsp3) is 0.450. The molecule has 0 unspecified atom stereocenters. The number of ether oxygens (including phenoxy) is 1. The third-order valence-electron chi connectivity index (χ3n) is 4.89. The Kier molecular flexibility index (Phi) is 5.58. The Morgan fingerprint density at radius 1 is 1.22 bits per heavy atom. The minimum atomic E-state index is -0.477. The van der Waals surface area contributed by atoms with Crippen LogP contribution in [0.5, 0.6) is 5.75 Å². The van der Waals surface area contributed by atoms with E-state index in [1.165, 1.54) is 30.0 Å². The van der Waals surface area contributed by atoms with Crippen LogP contribution in [0.15, 0.2) is 35.1 Å². The Labute approximate surface area is 157 Å². The van der Waals surface area contributed by atoms with Crippen molar-refractivity contribution in [3.05, 3.63) is 46.5 Å². The van der Waals surface area contributed by atoms with Crippen LogP contribution >= 0.6 is 0 Å². The van der Waals surface area contributed by atoms with Crippen molar-refractivity contribution in [3.8, 4) is 17.0 Å². The van der Waals surface area contributed by atoms with Gasteiger partial charge in [0.2, 0.25) is 5.91 Å². The standard InChI is InChI=1S/C20H24FN3O3/c1-13(2)20(26)23-10-8-15(9-11-23)24-19(25)7-5-17(22-24)14-4-6-18(27-3)16(21)12-14/h4-7,12-13,15H,8-11H2,1-3H3. The molecule has 1 aliphatic rings.